The lowest BCUT2D eigenvalue weighted by molar-refractivity contribution is 0.409. The van der Waals surface area contributed by atoms with E-state index in [9.17, 15) is 5.26 Å². The quantitative estimate of drug-likeness (QED) is 0.883. The Morgan fingerprint density at radius 3 is 2.38 bits per heavy atom. The van der Waals surface area contributed by atoms with Crippen molar-refractivity contribution < 1.29 is 9.47 Å². The van der Waals surface area contributed by atoms with Gasteiger partial charge in [0, 0.05) is 15.7 Å². The number of anilines is 1. The molecule has 0 spiro atoms. The molecule has 0 heterocycles. The van der Waals surface area contributed by atoms with Crippen LogP contribution in [-0.2, 0) is 0 Å². The molecule has 0 aliphatic heterocycles. The van der Waals surface area contributed by atoms with Gasteiger partial charge in [0.05, 0.1) is 20.3 Å². The number of benzene rings is 2. The molecule has 4 nitrogen and oxygen atoms in total. The van der Waals surface area contributed by atoms with Gasteiger partial charge in [-0.25, -0.2) is 0 Å². The summed E-state index contributed by atoms with van der Waals surface area (Å²) in [7, 11) is 3.21. The van der Waals surface area contributed by atoms with Crippen molar-refractivity contribution in [2.75, 3.05) is 19.5 Å². The summed E-state index contributed by atoms with van der Waals surface area (Å²) < 4.78 is 11.3. The van der Waals surface area contributed by atoms with E-state index in [0.717, 1.165) is 21.5 Å². The molecule has 2 aromatic rings. The Balaban J connectivity index is 2.27. The normalized spacial score (nSPS) is 11.3. The van der Waals surface area contributed by atoms with Crippen LogP contribution in [0.5, 0.6) is 11.5 Å². The van der Waals surface area contributed by atoms with Crippen LogP contribution >= 0.6 is 15.9 Å². The summed E-state index contributed by atoms with van der Waals surface area (Å²) in [6.07, 6.45) is 0. The number of nitrogens with one attached hydrogen (secondary N) is 1. The average molecular weight is 347 g/mol. The second kappa shape index (κ2) is 7.00. The van der Waals surface area contributed by atoms with Crippen LogP contribution in [0.1, 0.15) is 11.6 Å². The fourth-order valence-electron chi connectivity index (χ4n) is 1.96. The van der Waals surface area contributed by atoms with E-state index in [1.807, 2.05) is 42.5 Å². The van der Waals surface area contributed by atoms with Gasteiger partial charge in [0.25, 0.3) is 0 Å². The standard InChI is InChI=1S/C16H15BrN2O2/c1-20-13-6-4-12(5-7-13)19-15(10-18)14-9-11(17)3-8-16(14)21-2/h3-9,15,19H,1-2H3. The molecule has 21 heavy (non-hydrogen) atoms. The van der Waals surface area contributed by atoms with Gasteiger partial charge in [-0.1, -0.05) is 15.9 Å². The first kappa shape index (κ1) is 15.2. The van der Waals surface area contributed by atoms with E-state index in [1.54, 1.807) is 14.2 Å². The molecule has 0 amide bonds. The lowest BCUT2D eigenvalue weighted by Crippen LogP contribution is -2.10. The highest BCUT2D eigenvalue weighted by molar-refractivity contribution is 9.10. The minimum atomic E-state index is -0.508. The molecular weight excluding hydrogens is 332 g/mol. The zero-order valence-electron chi connectivity index (χ0n) is 11.8. The Kier molecular flexibility index (Phi) is 5.07. The van der Waals surface area contributed by atoms with Gasteiger partial charge in [0.15, 0.2) is 0 Å². The zero-order valence-corrected chi connectivity index (χ0v) is 13.3. The Bertz CT molecular complexity index is 650. The summed E-state index contributed by atoms with van der Waals surface area (Å²) in [5.74, 6) is 1.44. The van der Waals surface area contributed by atoms with Crippen LogP contribution in [0.4, 0.5) is 5.69 Å². The van der Waals surface area contributed by atoms with E-state index in [1.165, 1.54) is 0 Å². The molecule has 108 valence electrons. The third-order valence-electron chi connectivity index (χ3n) is 3.03. The number of methoxy groups -OCH3 is 2. The summed E-state index contributed by atoms with van der Waals surface area (Å²) in [6, 6.07) is 14.8. The van der Waals surface area contributed by atoms with Gasteiger partial charge in [-0.15, -0.1) is 0 Å². The number of rotatable bonds is 5. The summed E-state index contributed by atoms with van der Waals surface area (Å²) >= 11 is 3.42. The lowest BCUT2D eigenvalue weighted by atomic mass is 10.1. The Labute approximate surface area is 132 Å². The molecule has 2 rings (SSSR count). The molecular formula is C16H15BrN2O2. The van der Waals surface area contributed by atoms with Gasteiger partial charge >= 0.3 is 0 Å². The van der Waals surface area contributed by atoms with E-state index in [2.05, 4.69) is 27.3 Å². The second-order valence-corrected chi connectivity index (χ2v) is 5.24. The zero-order chi connectivity index (χ0) is 15.2. The van der Waals surface area contributed by atoms with Gasteiger partial charge in [-0.05, 0) is 42.5 Å². The van der Waals surface area contributed by atoms with Crippen LogP contribution in [0.25, 0.3) is 0 Å². The predicted octanol–water partition coefficient (Wildman–Crippen LogP) is 4.14. The van der Waals surface area contributed by atoms with Crippen LogP contribution in [0, 0.1) is 11.3 Å². The summed E-state index contributed by atoms with van der Waals surface area (Å²) in [6.45, 7) is 0. The molecule has 1 N–H and O–H groups in total. The van der Waals surface area contributed by atoms with Crippen molar-refractivity contribution in [3.05, 3.63) is 52.5 Å². The molecule has 5 heteroatoms. The van der Waals surface area contributed by atoms with Gasteiger partial charge in [0.2, 0.25) is 0 Å². The molecule has 0 saturated heterocycles. The van der Waals surface area contributed by atoms with Crippen LogP contribution in [0.15, 0.2) is 46.9 Å². The lowest BCUT2D eigenvalue weighted by Gasteiger charge is -2.17. The summed E-state index contributed by atoms with van der Waals surface area (Å²) in [4.78, 5) is 0. The maximum atomic E-state index is 9.44. The number of halogens is 1. The third kappa shape index (κ3) is 3.67. The van der Waals surface area contributed by atoms with Gasteiger partial charge in [-0.2, -0.15) is 5.26 Å². The van der Waals surface area contributed by atoms with E-state index < -0.39 is 6.04 Å². The Morgan fingerprint density at radius 1 is 1.10 bits per heavy atom. The Hall–Kier alpha value is -2.19. The number of hydrogen-bond donors (Lipinski definition) is 1. The monoisotopic (exact) mass is 346 g/mol. The first-order valence-corrected chi connectivity index (χ1v) is 7.11. The van der Waals surface area contributed by atoms with Crippen molar-refractivity contribution in [3.8, 4) is 17.6 Å². The minimum Gasteiger partial charge on any atom is -0.497 e. The van der Waals surface area contributed by atoms with Gasteiger partial charge in [0.1, 0.15) is 17.5 Å². The van der Waals surface area contributed by atoms with Crippen LogP contribution in [0.3, 0.4) is 0 Å². The number of hydrogen-bond acceptors (Lipinski definition) is 4. The molecule has 0 fully saturated rings. The van der Waals surface area contributed by atoms with Crippen molar-refractivity contribution in [1.82, 2.24) is 0 Å². The fraction of sp³-hybridized carbons (Fsp3) is 0.188. The highest BCUT2D eigenvalue weighted by Crippen LogP contribution is 2.30. The Morgan fingerprint density at radius 2 is 1.81 bits per heavy atom. The highest BCUT2D eigenvalue weighted by Gasteiger charge is 2.16. The third-order valence-corrected chi connectivity index (χ3v) is 3.53. The topological polar surface area (TPSA) is 54.3 Å². The van der Waals surface area contributed by atoms with Gasteiger partial charge < -0.3 is 14.8 Å². The molecule has 0 aliphatic carbocycles. The molecule has 0 bridgehead atoms. The SMILES string of the molecule is COc1ccc(NC(C#N)c2cc(Br)ccc2OC)cc1. The van der Waals surface area contributed by atoms with Crippen LogP contribution in [-0.4, -0.2) is 14.2 Å². The predicted molar refractivity (Wildman–Crippen MR) is 85.7 cm³/mol. The average Bonchev–Trinajstić information content (AvgIpc) is 2.53. The molecule has 1 atom stereocenters. The maximum Gasteiger partial charge on any atom is 0.143 e. The molecule has 0 aliphatic rings. The number of nitriles is 1. The molecule has 0 radical (unpaired) electrons. The highest BCUT2D eigenvalue weighted by atomic mass is 79.9. The van der Waals surface area contributed by atoms with E-state index >= 15 is 0 Å². The van der Waals surface area contributed by atoms with Crippen molar-refractivity contribution in [2.45, 2.75) is 6.04 Å². The van der Waals surface area contributed by atoms with Crippen LogP contribution < -0.4 is 14.8 Å². The van der Waals surface area contributed by atoms with E-state index in [0.29, 0.717) is 5.75 Å². The second-order valence-electron chi connectivity index (χ2n) is 4.32. The summed E-state index contributed by atoms with van der Waals surface area (Å²) in [5, 5.41) is 12.6. The fourth-order valence-corrected chi connectivity index (χ4v) is 2.34. The number of nitrogens with zero attached hydrogens (tertiary/aromatic N) is 1. The van der Waals surface area contributed by atoms with E-state index in [4.69, 9.17) is 9.47 Å². The van der Waals surface area contributed by atoms with Crippen molar-refractivity contribution in [2.24, 2.45) is 0 Å². The largest absolute Gasteiger partial charge is 0.497 e. The maximum absolute atomic E-state index is 9.44. The molecule has 1 unspecified atom stereocenters. The molecule has 2 aromatic carbocycles. The van der Waals surface area contributed by atoms with Crippen molar-refractivity contribution >= 4 is 21.6 Å². The summed E-state index contributed by atoms with van der Waals surface area (Å²) in [5.41, 5.74) is 1.62. The van der Waals surface area contributed by atoms with E-state index in [-0.39, 0.29) is 0 Å². The first-order chi connectivity index (χ1) is 10.2. The molecule has 0 saturated carbocycles. The van der Waals surface area contributed by atoms with Crippen LogP contribution in [0.2, 0.25) is 0 Å². The minimum absolute atomic E-state index is 0.508. The smallest absolute Gasteiger partial charge is 0.143 e. The van der Waals surface area contributed by atoms with Crippen molar-refractivity contribution in [1.29, 1.82) is 5.26 Å². The first-order valence-electron chi connectivity index (χ1n) is 6.31. The van der Waals surface area contributed by atoms with Crippen molar-refractivity contribution in [3.63, 3.8) is 0 Å². The number of ether oxygens (including phenoxy) is 2. The van der Waals surface area contributed by atoms with Gasteiger partial charge in [-0.3, -0.25) is 0 Å². The molecule has 0 aromatic heterocycles.